The molecule has 29 heavy (non-hydrogen) atoms. The van der Waals surface area contributed by atoms with E-state index >= 15 is 0 Å². The van der Waals surface area contributed by atoms with Crippen LogP contribution in [-0.2, 0) is 16.4 Å². The second kappa shape index (κ2) is 10.2. The molecule has 9 nitrogen and oxygen atoms in total. The molecule has 2 rings (SSSR count). The number of ether oxygens (including phenoxy) is 1. The number of nitrogens with one attached hydrogen (secondary N) is 2. The Kier molecular flexibility index (Phi) is 7.94. The van der Waals surface area contributed by atoms with Crippen molar-refractivity contribution in [2.24, 2.45) is 0 Å². The highest BCUT2D eigenvalue weighted by Crippen LogP contribution is 2.28. The van der Waals surface area contributed by atoms with E-state index in [2.05, 4.69) is 10.0 Å². The molecule has 0 radical (unpaired) electrons. The molecule has 0 aliphatic rings. The summed E-state index contributed by atoms with van der Waals surface area (Å²) in [5, 5.41) is 14.5. The molecule has 0 fully saturated rings. The molecule has 0 bridgehead atoms. The fourth-order valence-electron chi connectivity index (χ4n) is 2.71. The molecule has 0 atom stereocenters. The summed E-state index contributed by atoms with van der Waals surface area (Å²) in [5.41, 5.74) is 0.937. The van der Waals surface area contributed by atoms with Crippen LogP contribution < -0.4 is 14.8 Å². The van der Waals surface area contributed by atoms with Gasteiger partial charge in [0.15, 0.2) is 0 Å². The molecule has 2 aromatic carbocycles. The number of para-hydroxylation sites is 1. The minimum Gasteiger partial charge on any atom is -0.496 e. The van der Waals surface area contributed by atoms with E-state index < -0.39 is 14.9 Å². The highest BCUT2D eigenvalue weighted by molar-refractivity contribution is 7.89. The Morgan fingerprint density at radius 1 is 1.14 bits per heavy atom. The molecule has 2 aromatic rings. The molecule has 158 valence electrons. The normalized spacial score (nSPS) is 11.4. The Balaban J connectivity index is 2.12. The maximum absolute atomic E-state index is 12.4. The molecular formula is C19H26N4O5S. The first-order valence-corrected chi connectivity index (χ1v) is 10.5. The number of rotatable bonds is 11. The SMILES string of the molecule is COc1ccccc1CCNc1ccc(S(=O)(=O)NCCN(C)C)cc1[N+](=O)[O-]. The highest BCUT2D eigenvalue weighted by Gasteiger charge is 2.21. The first-order valence-electron chi connectivity index (χ1n) is 9.03. The summed E-state index contributed by atoms with van der Waals surface area (Å²) in [6.45, 7) is 1.15. The van der Waals surface area contributed by atoms with E-state index in [9.17, 15) is 18.5 Å². The van der Waals surface area contributed by atoms with E-state index in [-0.39, 0.29) is 22.8 Å². The second-order valence-corrected chi connectivity index (χ2v) is 8.39. The molecule has 0 saturated heterocycles. The molecule has 0 unspecified atom stereocenters. The van der Waals surface area contributed by atoms with E-state index in [1.807, 2.05) is 43.3 Å². The van der Waals surface area contributed by atoms with Gasteiger partial charge in [-0.15, -0.1) is 0 Å². The number of hydrogen-bond acceptors (Lipinski definition) is 7. The number of likely N-dealkylation sites (N-methyl/N-ethyl adjacent to an activating group) is 1. The van der Waals surface area contributed by atoms with Crippen molar-refractivity contribution in [3.05, 3.63) is 58.1 Å². The van der Waals surface area contributed by atoms with Crippen LogP contribution in [0.25, 0.3) is 0 Å². The van der Waals surface area contributed by atoms with Crippen molar-refractivity contribution >= 4 is 21.4 Å². The number of nitrogens with zero attached hydrogens (tertiary/aromatic N) is 2. The molecule has 0 saturated carbocycles. The average molecular weight is 423 g/mol. The van der Waals surface area contributed by atoms with Crippen molar-refractivity contribution in [1.82, 2.24) is 9.62 Å². The Hall–Kier alpha value is -2.69. The molecule has 10 heteroatoms. The largest absolute Gasteiger partial charge is 0.496 e. The Labute approximate surface area is 170 Å². The van der Waals surface area contributed by atoms with Crippen LogP contribution in [0.15, 0.2) is 47.4 Å². The number of anilines is 1. The number of nitro groups is 1. The van der Waals surface area contributed by atoms with Gasteiger partial charge < -0.3 is 15.0 Å². The molecule has 0 aliphatic carbocycles. The van der Waals surface area contributed by atoms with Crippen LogP contribution in [0.2, 0.25) is 0 Å². The van der Waals surface area contributed by atoms with Crippen molar-refractivity contribution in [3.8, 4) is 5.75 Å². The maximum atomic E-state index is 12.4. The molecule has 2 N–H and O–H groups in total. The van der Waals surface area contributed by atoms with Gasteiger partial charge in [0.2, 0.25) is 10.0 Å². The Morgan fingerprint density at radius 2 is 1.86 bits per heavy atom. The van der Waals surface area contributed by atoms with Gasteiger partial charge in [-0.3, -0.25) is 10.1 Å². The summed E-state index contributed by atoms with van der Waals surface area (Å²) < 4.78 is 32.5. The van der Waals surface area contributed by atoms with Crippen molar-refractivity contribution in [3.63, 3.8) is 0 Å². The summed E-state index contributed by atoms with van der Waals surface area (Å²) >= 11 is 0. The van der Waals surface area contributed by atoms with Crippen LogP contribution in [0.3, 0.4) is 0 Å². The predicted octanol–water partition coefficient (Wildman–Crippen LogP) is 2.10. The molecule has 0 heterocycles. The van der Waals surface area contributed by atoms with Crippen molar-refractivity contribution < 1.29 is 18.1 Å². The van der Waals surface area contributed by atoms with Crippen LogP contribution in [-0.4, -0.2) is 59.1 Å². The first-order chi connectivity index (χ1) is 13.7. The standard InChI is InChI=1S/C19H26N4O5S/c1-22(2)13-12-21-29(26,27)16-8-9-17(18(14-16)23(24)25)20-11-10-15-6-4-5-7-19(15)28-3/h4-9,14,20-21H,10-13H2,1-3H3. The van der Waals surface area contributed by atoms with E-state index in [0.29, 0.717) is 19.5 Å². The number of sulfonamides is 1. The smallest absolute Gasteiger partial charge is 0.293 e. The fourth-order valence-corrected chi connectivity index (χ4v) is 3.75. The predicted molar refractivity (Wildman–Crippen MR) is 112 cm³/mol. The first kappa shape index (κ1) is 22.6. The second-order valence-electron chi connectivity index (χ2n) is 6.63. The van der Waals surface area contributed by atoms with E-state index in [1.165, 1.54) is 12.1 Å². The minimum atomic E-state index is -3.83. The van der Waals surface area contributed by atoms with Crippen molar-refractivity contribution in [2.75, 3.05) is 46.2 Å². The molecule has 0 aliphatic heterocycles. The van der Waals surface area contributed by atoms with Gasteiger partial charge in [-0.25, -0.2) is 13.1 Å². The van der Waals surface area contributed by atoms with Crippen LogP contribution in [0.5, 0.6) is 5.75 Å². The van der Waals surface area contributed by atoms with Gasteiger partial charge in [0, 0.05) is 25.7 Å². The minimum absolute atomic E-state index is 0.141. The van der Waals surface area contributed by atoms with Crippen LogP contribution >= 0.6 is 0 Å². The third kappa shape index (κ3) is 6.41. The summed E-state index contributed by atoms with van der Waals surface area (Å²) in [5.74, 6) is 0.744. The van der Waals surface area contributed by atoms with Gasteiger partial charge in [-0.1, -0.05) is 18.2 Å². The number of methoxy groups -OCH3 is 1. The van der Waals surface area contributed by atoms with E-state index in [4.69, 9.17) is 4.74 Å². The third-order valence-electron chi connectivity index (χ3n) is 4.23. The quantitative estimate of drug-likeness (QED) is 0.421. The van der Waals surface area contributed by atoms with E-state index in [1.54, 1.807) is 7.11 Å². The lowest BCUT2D eigenvalue weighted by molar-refractivity contribution is -0.384. The van der Waals surface area contributed by atoms with Crippen molar-refractivity contribution in [1.29, 1.82) is 0 Å². The molecule has 0 amide bonds. The Morgan fingerprint density at radius 3 is 2.52 bits per heavy atom. The number of benzene rings is 2. The van der Waals surface area contributed by atoms with Crippen LogP contribution in [0.4, 0.5) is 11.4 Å². The maximum Gasteiger partial charge on any atom is 0.293 e. The van der Waals surface area contributed by atoms with Crippen LogP contribution in [0.1, 0.15) is 5.56 Å². The summed E-state index contributed by atoms with van der Waals surface area (Å²) in [6, 6.07) is 11.4. The van der Waals surface area contributed by atoms with Gasteiger partial charge in [0.1, 0.15) is 11.4 Å². The Bertz CT molecular complexity index is 947. The fraction of sp³-hybridized carbons (Fsp3) is 0.368. The zero-order chi connectivity index (χ0) is 21.4. The molecule has 0 spiro atoms. The zero-order valence-electron chi connectivity index (χ0n) is 16.7. The van der Waals surface area contributed by atoms with Gasteiger partial charge in [-0.05, 0) is 44.3 Å². The average Bonchev–Trinajstić information content (AvgIpc) is 2.67. The summed E-state index contributed by atoms with van der Waals surface area (Å²) in [6.07, 6.45) is 0.591. The lowest BCUT2D eigenvalue weighted by atomic mass is 10.1. The summed E-state index contributed by atoms with van der Waals surface area (Å²) in [7, 11) is 1.41. The van der Waals surface area contributed by atoms with Gasteiger partial charge in [-0.2, -0.15) is 0 Å². The van der Waals surface area contributed by atoms with Gasteiger partial charge in [0.25, 0.3) is 5.69 Å². The summed E-state index contributed by atoms with van der Waals surface area (Å²) in [4.78, 5) is 12.6. The van der Waals surface area contributed by atoms with E-state index in [0.717, 1.165) is 17.4 Å². The van der Waals surface area contributed by atoms with Gasteiger partial charge >= 0.3 is 0 Å². The van der Waals surface area contributed by atoms with Crippen LogP contribution in [0, 0.1) is 10.1 Å². The number of hydrogen-bond donors (Lipinski definition) is 2. The highest BCUT2D eigenvalue weighted by atomic mass is 32.2. The third-order valence-corrected chi connectivity index (χ3v) is 5.69. The topological polar surface area (TPSA) is 114 Å². The zero-order valence-corrected chi connectivity index (χ0v) is 17.5. The lowest BCUT2D eigenvalue weighted by Gasteiger charge is -2.12. The van der Waals surface area contributed by atoms with Gasteiger partial charge in [0.05, 0.1) is 16.9 Å². The van der Waals surface area contributed by atoms with Crippen molar-refractivity contribution in [2.45, 2.75) is 11.3 Å². The molecular weight excluding hydrogens is 396 g/mol. The number of nitro benzene ring substituents is 1. The lowest BCUT2D eigenvalue weighted by Crippen LogP contribution is -2.31. The molecule has 0 aromatic heterocycles. The monoisotopic (exact) mass is 422 g/mol.